The molecule has 1 aliphatic rings. The molecule has 2 amide bonds. The molecule has 0 spiro atoms. The number of likely N-dealkylation sites (tertiary alicyclic amines) is 1. The fourth-order valence-corrected chi connectivity index (χ4v) is 3.23. The van der Waals surface area contributed by atoms with Crippen LogP contribution in [-0.2, 0) is 6.54 Å². The number of carbonyl (C=O) groups excluding carboxylic acids is 1. The van der Waals surface area contributed by atoms with Crippen molar-refractivity contribution >= 4 is 17.6 Å². The molecular formula is C18H28ClN3O2. The molecule has 0 saturated carbocycles. The summed E-state index contributed by atoms with van der Waals surface area (Å²) in [6.45, 7) is 7.56. The van der Waals surface area contributed by atoms with Gasteiger partial charge in [0.25, 0.3) is 0 Å². The minimum atomic E-state index is -0.179. The molecule has 1 heterocycles. The van der Waals surface area contributed by atoms with Crippen molar-refractivity contribution in [2.24, 2.45) is 0 Å². The van der Waals surface area contributed by atoms with Gasteiger partial charge in [-0.1, -0.05) is 18.0 Å². The lowest BCUT2D eigenvalue weighted by Gasteiger charge is -2.41. The zero-order chi connectivity index (χ0) is 17.6. The standard InChI is InChI=1S/C18H28ClN3O2/c1-18(2,22-9-5-4-6-10-22)13-21-17(23)20-12-14-11-15(19)7-8-16(14)24-3/h7-8,11H,4-6,9-10,12-13H2,1-3H3,(H2,20,21,23). The molecule has 0 aliphatic carbocycles. The van der Waals surface area contributed by atoms with E-state index in [4.69, 9.17) is 16.3 Å². The number of benzene rings is 1. The van der Waals surface area contributed by atoms with Gasteiger partial charge >= 0.3 is 6.03 Å². The molecule has 2 N–H and O–H groups in total. The van der Waals surface area contributed by atoms with Crippen LogP contribution in [0.5, 0.6) is 5.75 Å². The van der Waals surface area contributed by atoms with Gasteiger partial charge in [0.15, 0.2) is 0 Å². The average molecular weight is 354 g/mol. The summed E-state index contributed by atoms with van der Waals surface area (Å²) in [6.07, 6.45) is 3.79. The Balaban J connectivity index is 1.82. The van der Waals surface area contributed by atoms with Crippen LogP contribution in [0.25, 0.3) is 0 Å². The number of nitrogens with zero attached hydrogens (tertiary/aromatic N) is 1. The van der Waals surface area contributed by atoms with Gasteiger partial charge in [0.2, 0.25) is 0 Å². The SMILES string of the molecule is COc1ccc(Cl)cc1CNC(=O)NCC(C)(C)N1CCCCC1. The highest BCUT2D eigenvalue weighted by molar-refractivity contribution is 6.30. The van der Waals surface area contributed by atoms with Crippen molar-refractivity contribution in [1.29, 1.82) is 0 Å². The molecule has 5 nitrogen and oxygen atoms in total. The summed E-state index contributed by atoms with van der Waals surface area (Å²) in [5.74, 6) is 0.716. The molecule has 0 unspecified atom stereocenters. The predicted octanol–water partition coefficient (Wildman–Crippen LogP) is 3.41. The Hall–Kier alpha value is -1.46. The second-order valence-corrected chi connectivity index (χ2v) is 7.29. The maximum atomic E-state index is 12.1. The lowest BCUT2D eigenvalue weighted by atomic mass is 9.98. The van der Waals surface area contributed by atoms with Gasteiger partial charge in [0, 0.05) is 29.2 Å². The Labute approximate surface area is 149 Å². The molecule has 24 heavy (non-hydrogen) atoms. The molecule has 0 radical (unpaired) electrons. The third kappa shape index (κ3) is 5.28. The van der Waals surface area contributed by atoms with E-state index in [-0.39, 0.29) is 11.6 Å². The van der Waals surface area contributed by atoms with E-state index in [1.54, 1.807) is 25.3 Å². The minimum absolute atomic E-state index is 0.0362. The van der Waals surface area contributed by atoms with E-state index in [0.29, 0.717) is 23.9 Å². The molecule has 0 bridgehead atoms. The van der Waals surface area contributed by atoms with Gasteiger partial charge in [-0.2, -0.15) is 0 Å². The summed E-state index contributed by atoms with van der Waals surface area (Å²) in [7, 11) is 1.61. The van der Waals surface area contributed by atoms with Crippen molar-refractivity contribution in [1.82, 2.24) is 15.5 Å². The smallest absolute Gasteiger partial charge is 0.315 e. The van der Waals surface area contributed by atoms with Crippen LogP contribution in [0.3, 0.4) is 0 Å². The predicted molar refractivity (Wildman–Crippen MR) is 97.7 cm³/mol. The van der Waals surface area contributed by atoms with E-state index >= 15 is 0 Å². The van der Waals surface area contributed by atoms with Gasteiger partial charge in [0.05, 0.1) is 7.11 Å². The van der Waals surface area contributed by atoms with E-state index in [1.165, 1.54) is 19.3 Å². The Bertz CT molecular complexity index is 557. The number of hydrogen-bond donors (Lipinski definition) is 2. The van der Waals surface area contributed by atoms with Gasteiger partial charge in [0.1, 0.15) is 5.75 Å². The van der Waals surface area contributed by atoms with Gasteiger partial charge in [-0.25, -0.2) is 4.79 Å². The quantitative estimate of drug-likeness (QED) is 0.824. The molecule has 1 saturated heterocycles. The number of urea groups is 1. The Morgan fingerprint density at radius 1 is 1.25 bits per heavy atom. The normalized spacial score (nSPS) is 15.8. The summed E-state index contributed by atoms with van der Waals surface area (Å²) < 4.78 is 5.29. The Morgan fingerprint density at radius 3 is 2.62 bits per heavy atom. The zero-order valence-electron chi connectivity index (χ0n) is 14.8. The topological polar surface area (TPSA) is 53.6 Å². The van der Waals surface area contributed by atoms with Crippen molar-refractivity contribution in [3.63, 3.8) is 0 Å². The molecule has 134 valence electrons. The van der Waals surface area contributed by atoms with Crippen LogP contribution >= 0.6 is 11.6 Å². The highest BCUT2D eigenvalue weighted by Gasteiger charge is 2.28. The van der Waals surface area contributed by atoms with Crippen LogP contribution in [0.15, 0.2) is 18.2 Å². The second kappa shape index (κ2) is 8.58. The summed E-state index contributed by atoms with van der Waals surface area (Å²) in [5, 5.41) is 6.47. The highest BCUT2D eigenvalue weighted by Crippen LogP contribution is 2.22. The number of carbonyl (C=O) groups is 1. The van der Waals surface area contributed by atoms with Gasteiger partial charge in [-0.3, -0.25) is 4.90 Å². The second-order valence-electron chi connectivity index (χ2n) is 6.85. The van der Waals surface area contributed by atoms with Crippen LogP contribution in [0, 0.1) is 0 Å². The summed E-state index contributed by atoms with van der Waals surface area (Å²) in [5.41, 5.74) is 0.821. The van der Waals surface area contributed by atoms with Crippen molar-refractivity contribution in [3.05, 3.63) is 28.8 Å². The van der Waals surface area contributed by atoms with Crippen molar-refractivity contribution in [2.75, 3.05) is 26.7 Å². The third-order valence-corrected chi connectivity index (χ3v) is 4.81. The van der Waals surface area contributed by atoms with Crippen LogP contribution in [0.1, 0.15) is 38.7 Å². The summed E-state index contributed by atoms with van der Waals surface area (Å²) in [4.78, 5) is 14.6. The van der Waals surface area contributed by atoms with Crippen molar-refractivity contribution in [3.8, 4) is 5.75 Å². The lowest BCUT2D eigenvalue weighted by Crippen LogP contribution is -2.54. The summed E-state index contributed by atoms with van der Waals surface area (Å²) >= 11 is 6.01. The first-order chi connectivity index (χ1) is 11.4. The first-order valence-electron chi connectivity index (χ1n) is 8.51. The molecule has 0 aromatic heterocycles. The molecule has 1 aliphatic heterocycles. The van der Waals surface area contributed by atoms with Crippen LogP contribution in [0.2, 0.25) is 5.02 Å². The number of halogens is 1. The van der Waals surface area contributed by atoms with Crippen LogP contribution in [0.4, 0.5) is 4.79 Å². The third-order valence-electron chi connectivity index (χ3n) is 4.58. The Kier molecular flexibility index (Phi) is 6.75. The molecule has 0 atom stereocenters. The van der Waals surface area contributed by atoms with Crippen molar-refractivity contribution < 1.29 is 9.53 Å². The number of rotatable bonds is 6. The molecule has 2 rings (SSSR count). The van der Waals surface area contributed by atoms with E-state index < -0.39 is 0 Å². The maximum absolute atomic E-state index is 12.1. The minimum Gasteiger partial charge on any atom is -0.496 e. The Morgan fingerprint density at radius 2 is 1.96 bits per heavy atom. The fourth-order valence-electron chi connectivity index (χ4n) is 3.03. The lowest BCUT2D eigenvalue weighted by molar-refractivity contribution is 0.0960. The maximum Gasteiger partial charge on any atom is 0.315 e. The number of amides is 2. The number of nitrogens with one attached hydrogen (secondary N) is 2. The average Bonchev–Trinajstić information content (AvgIpc) is 2.59. The molecule has 1 fully saturated rings. The van der Waals surface area contributed by atoms with E-state index in [0.717, 1.165) is 18.7 Å². The number of hydrogen-bond acceptors (Lipinski definition) is 3. The van der Waals surface area contributed by atoms with Crippen LogP contribution in [-0.4, -0.2) is 43.2 Å². The molecule has 1 aromatic rings. The van der Waals surface area contributed by atoms with E-state index in [2.05, 4.69) is 29.4 Å². The number of ether oxygens (including phenoxy) is 1. The number of piperidine rings is 1. The van der Waals surface area contributed by atoms with E-state index in [1.807, 2.05) is 0 Å². The molecular weight excluding hydrogens is 326 g/mol. The van der Waals surface area contributed by atoms with E-state index in [9.17, 15) is 4.79 Å². The van der Waals surface area contributed by atoms with Gasteiger partial charge in [-0.05, 0) is 58.0 Å². The molecule has 6 heteroatoms. The van der Waals surface area contributed by atoms with Crippen LogP contribution < -0.4 is 15.4 Å². The largest absolute Gasteiger partial charge is 0.496 e. The van der Waals surface area contributed by atoms with Gasteiger partial charge in [-0.15, -0.1) is 0 Å². The summed E-state index contributed by atoms with van der Waals surface area (Å²) in [6, 6.07) is 5.20. The highest BCUT2D eigenvalue weighted by atomic mass is 35.5. The first-order valence-corrected chi connectivity index (χ1v) is 8.89. The fraction of sp³-hybridized carbons (Fsp3) is 0.611. The molecule has 1 aromatic carbocycles. The zero-order valence-corrected chi connectivity index (χ0v) is 15.6. The first kappa shape index (κ1) is 18.9. The number of methoxy groups -OCH3 is 1. The monoisotopic (exact) mass is 353 g/mol. The van der Waals surface area contributed by atoms with Gasteiger partial charge < -0.3 is 15.4 Å². The van der Waals surface area contributed by atoms with Crippen molar-refractivity contribution in [2.45, 2.75) is 45.2 Å².